The first-order valence-electron chi connectivity index (χ1n) is 4.15. The van der Waals surface area contributed by atoms with Gasteiger partial charge in [0.15, 0.2) is 0 Å². The SMILES string of the molecule is C[C@]1(C#N)CCCC[C@H]1[N+](=O)[O-]. The van der Waals surface area contributed by atoms with Crippen molar-refractivity contribution in [3.05, 3.63) is 10.1 Å². The summed E-state index contributed by atoms with van der Waals surface area (Å²) >= 11 is 0. The molecule has 1 aliphatic carbocycles. The normalized spacial score (nSPS) is 35.5. The molecule has 12 heavy (non-hydrogen) atoms. The third-order valence-corrected chi connectivity index (χ3v) is 2.67. The largest absolute Gasteiger partial charge is 0.264 e. The first-order chi connectivity index (χ1) is 5.60. The predicted octanol–water partition coefficient (Wildman–Crippen LogP) is 1.74. The summed E-state index contributed by atoms with van der Waals surface area (Å²) in [6, 6.07) is 1.41. The van der Waals surface area contributed by atoms with Crippen molar-refractivity contribution < 1.29 is 4.92 Å². The fourth-order valence-corrected chi connectivity index (χ4v) is 1.78. The highest BCUT2D eigenvalue weighted by Crippen LogP contribution is 2.36. The van der Waals surface area contributed by atoms with Crippen LogP contribution in [0.15, 0.2) is 0 Å². The molecule has 0 radical (unpaired) electrons. The molecule has 0 spiro atoms. The van der Waals surface area contributed by atoms with E-state index >= 15 is 0 Å². The van der Waals surface area contributed by atoms with Crippen molar-refractivity contribution in [1.29, 1.82) is 5.26 Å². The minimum Gasteiger partial charge on any atom is -0.264 e. The molecule has 0 heterocycles. The van der Waals surface area contributed by atoms with Crippen LogP contribution in [0.1, 0.15) is 32.6 Å². The molecule has 0 aromatic carbocycles. The summed E-state index contributed by atoms with van der Waals surface area (Å²) in [6.45, 7) is 1.69. The lowest BCUT2D eigenvalue weighted by atomic mass is 9.73. The van der Waals surface area contributed by atoms with Gasteiger partial charge in [0.25, 0.3) is 0 Å². The zero-order chi connectivity index (χ0) is 9.19. The Hall–Kier alpha value is -1.11. The molecule has 4 nitrogen and oxygen atoms in total. The third-order valence-electron chi connectivity index (χ3n) is 2.67. The quantitative estimate of drug-likeness (QED) is 0.442. The minimum atomic E-state index is -0.734. The summed E-state index contributed by atoms with van der Waals surface area (Å²) in [5, 5.41) is 19.4. The van der Waals surface area contributed by atoms with Crippen LogP contribution in [-0.2, 0) is 0 Å². The first-order valence-corrected chi connectivity index (χ1v) is 4.15. The van der Waals surface area contributed by atoms with Gasteiger partial charge in [0.2, 0.25) is 6.04 Å². The maximum absolute atomic E-state index is 10.6. The summed E-state index contributed by atoms with van der Waals surface area (Å²) in [5.74, 6) is 0. The van der Waals surface area contributed by atoms with E-state index in [1.54, 1.807) is 6.92 Å². The molecule has 4 heteroatoms. The second-order valence-corrected chi connectivity index (χ2v) is 3.58. The summed E-state index contributed by atoms with van der Waals surface area (Å²) in [5.41, 5.74) is -0.734. The van der Waals surface area contributed by atoms with Gasteiger partial charge in [-0.25, -0.2) is 0 Å². The minimum absolute atomic E-state index is 0.303. The first kappa shape index (κ1) is 8.98. The summed E-state index contributed by atoms with van der Waals surface area (Å²) < 4.78 is 0. The Morgan fingerprint density at radius 2 is 2.33 bits per heavy atom. The standard InChI is InChI=1S/C8H12N2O2/c1-8(6-9)5-3-2-4-7(8)10(11)12/h7H,2-5H2,1H3/t7-,8-/m1/s1. The van der Waals surface area contributed by atoms with Gasteiger partial charge in [0.1, 0.15) is 5.41 Å². The van der Waals surface area contributed by atoms with Gasteiger partial charge in [-0.05, 0) is 19.8 Å². The molecular formula is C8H12N2O2. The van der Waals surface area contributed by atoms with Crippen LogP contribution in [0.5, 0.6) is 0 Å². The van der Waals surface area contributed by atoms with E-state index in [0.717, 1.165) is 12.8 Å². The Bertz CT molecular complexity index is 234. The van der Waals surface area contributed by atoms with Crippen molar-refractivity contribution in [3.63, 3.8) is 0 Å². The molecule has 0 amide bonds. The van der Waals surface area contributed by atoms with Crippen molar-refractivity contribution in [2.45, 2.75) is 38.6 Å². The molecule has 0 unspecified atom stereocenters. The van der Waals surface area contributed by atoms with Crippen LogP contribution in [0.2, 0.25) is 0 Å². The van der Waals surface area contributed by atoms with Gasteiger partial charge in [0.05, 0.1) is 6.07 Å². The van der Waals surface area contributed by atoms with Crippen molar-refractivity contribution in [1.82, 2.24) is 0 Å². The molecule has 1 rings (SSSR count). The molecule has 1 fully saturated rings. The molecule has 1 aliphatic rings. The molecule has 66 valence electrons. The van der Waals surface area contributed by atoms with Crippen molar-refractivity contribution >= 4 is 0 Å². The number of rotatable bonds is 1. The summed E-state index contributed by atoms with van der Waals surface area (Å²) in [6.07, 6.45) is 3.03. The van der Waals surface area contributed by atoms with E-state index in [0.29, 0.717) is 12.8 Å². The van der Waals surface area contributed by atoms with Gasteiger partial charge in [-0.3, -0.25) is 10.1 Å². The molecule has 0 bridgehead atoms. The van der Waals surface area contributed by atoms with Gasteiger partial charge < -0.3 is 0 Å². The van der Waals surface area contributed by atoms with E-state index < -0.39 is 11.5 Å². The lowest BCUT2D eigenvalue weighted by Gasteiger charge is -2.29. The number of nitro groups is 1. The van der Waals surface area contributed by atoms with Crippen LogP contribution in [0.25, 0.3) is 0 Å². The topological polar surface area (TPSA) is 66.9 Å². The number of nitriles is 1. The van der Waals surface area contributed by atoms with Gasteiger partial charge in [-0.1, -0.05) is 6.42 Å². The number of nitrogens with zero attached hydrogens (tertiary/aromatic N) is 2. The second-order valence-electron chi connectivity index (χ2n) is 3.58. The Labute approximate surface area is 71.3 Å². The van der Waals surface area contributed by atoms with E-state index in [1.165, 1.54) is 0 Å². The average Bonchev–Trinajstić information content (AvgIpc) is 2.05. The summed E-state index contributed by atoms with van der Waals surface area (Å²) in [7, 11) is 0. The van der Waals surface area contributed by atoms with Gasteiger partial charge in [-0.2, -0.15) is 5.26 Å². The van der Waals surface area contributed by atoms with Gasteiger partial charge in [-0.15, -0.1) is 0 Å². The van der Waals surface area contributed by atoms with Crippen LogP contribution in [0.3, 0.4) is 0 Å². The molecule has 0 N–H and O–H groups in total. The van der Waals surface area contributed by atoms with Crippen LogP contribution in [0, 0.1) is 26.9 Å². The van der Waals surface area contributed by atoms with Crippen molar-refractivity contribution in [3.8, 4) is 6.07 Å². The smallest absolute Gasteiger partial charge is 0.231 e. The molecule has 2 atom stereocenters. The maximum Gasteiger partial charge on any atom is 0.231 e. The van der Waals surface area contributed by atoms with Gasteiger partial charge >= 0.3 is 0 Å². The van der Waals surface area contributed by atoms with E-state index in [4.69, 9.17) is 5.26 Å². The Kier molecular flexibility index (Phi) is 2.32. The Morgan fingerprint density at radius 1 is 1.67 bits per heavy atom. The summed E-state index contributed by atoms with van der Waals surface area (Å²) in [4.78, 5) is 10.3. The fourth-order valence-electron chi connectivity index (χ4n) is 1.78. The second kappa shape index (κ2) is 3.10. The monoisotopic (exact) mass is 168 g/mol. The molecule has 0 aromatic heterocycles. The van der Waals surface area contributed by atoms with E-state index in [2.05, 4.69) is 6.07 Å². The lowest BCUT2D eigenvalue weighted by molar-refractivity contribution is -0.541. The van der Waals surface area contributed by atoms with E-state index in [1.807, 2.05) is 0 Å². The van der Waals surface area contributed by atoms with Crippen molar-refractivity contribution in [2.24, 2.45) is 5.41 Å². The number of hydrogen-bond donors (Lipinski definition) is 0. The Morgan fingerprint density at radius 3 is 2.75 bits per heavy atom. The highest BCUT2D eigenvalue weighted by Gasteiger charge is 2.44. The predicted molar refractivity (Wildman–Crippen MR) is 43.0 cm³/mol. The fraction of sp³-hybridized carbons (Fsp3) is 0.875. The zero-order valence-electron chi connectivity index (χ0n) is 7.12. The number of hydrogen-bond acceptors (Lipinski definition) is 3. The average molecular weight is 168 g/mol. The molecule has 0 aliphatic heterocycles. The highest BCUT2D eigenvalue weighted by atomic mass is 16.6. The van der Waals surface area contributed by atoms with Crippen LogP contribution >= 0.6 is 0 Å². The lowest BCUT2D eigenvalue weighted by Crippen LogP contribution is -2.40. The Balaban J connectivity index is 2.82. The van der Waals surface area contributed by atoms with Crippen LogP contribution in [-0.4, -0.2) is 11.0 Å². The van der Waals surface area contributed by atoms with Gasteiger partial charge in [0, 0.05) is 11.3 Å². The molecule has 0 aromatic rings. The van der Waals surface area contributed by atoms with Crippen LogP contribution in [0.4, 0.5) is 0 Å². The zero-order valence-corrected chi connectivity index (χ0v) is 7.12. The van der Waals surface area contributed by atoms with Crippen molar-refractivity contribution in [2.75, 3.05) is 0 Å². The van der Waals surface area contributed by atoms with E-state index in [-0.39, 0.29) is 4.92 Å². The molecule has 1 saturated carbocycles. The molecule has 0 saturated heterocycles. The van der Waals surface area contributed by atoms with E-state index in [9.17, 15) is 10.1 Å². The molecular weight excluding hydrogens is 156 g/mol. The third kappa shape index (κ3) is 1.40. The maximum atomic E-state index is 10.6. The highest BCUT2D eigenvalue weighted by molar-refractivity contribution is 5.02. The van der Waals surface area contributed by atoms with Crippen LogP contribution < -0.4 is 0 Å².